The van der Waals surface area contributed by atoms with E-state index in [1.165, 1.54) is 21.7 Å². The number of nitrogens with zero attached hydrogens (tertiary/aromatic N) is 2. The molecule has 1 N–H and O–H groups in total. The second-order valence-corrected chi connectivity index (χ2v) is 12.3. The predicted octanol–water partition coefficient (Wildman–Crippen LogP) is 5.52. The highest BCUT2D eigenvalue weighted by molar-refractivity contribution is 9.10. The fourth-order valence-corrected chi connectivity index (χ4v) is 7.54. The molecule has 1 aliphatic rings. The van der Waals surface area contributed by atoms with Gasteiger partial charge in [-0.2, -0.15) is 4.31 Å². The van der Waals surface area contributed by atoms with E-state index in [4.69, 9.17) is 4.74 Å². The zero-order valence-electron chi connectivity index (χ0n) is 19.7. The first kappa shape index (κ1) is 24.9. The maximum absolute atomic E-state index is 14.0. The topological polar surface area (TPSA) is 88.6 Å². The second-order valence-electron chi connectivity index (χ2n) is 8.54. The molecule has 0 saturated carbocycles. The van der Waals surface area contributed by atoms with Crippen LogP contribution in [0.15, 0.2) is 70.0 Å². The van der Waals surface area contributed by atoms with Crippen molar-refractivity contribution < 1.29 is 17.9 Å². The fraction of sp³-hybridized carbons (Fsp3) is 0.231. The highest BCUT2D eigenvalue weighted by atomic mass is 79.9. The number of aryl methyl sites for hydroxylation is 1. The maximum Gasteiger partial charge on any atom is 0.247 e. The summed E-state index contributed by atoms with van der Waals surface area (Å²) >= 11 is 4.74. The molecule has 0 radical (unpaired) electrons. The van der Waals surface area contributed by atoms with Gasteiger partial charge in [0, 0.05) is 11.0 Å². The molecule has 0 saturated heterocycles. The Morgan fingerprint density at radius 2 is 1.94 bits per heavy atom. The van der Waals surface area contributed by atoms with Crippen molar-refractivity contribution in [2.24, 2.45) is 0 Å². The number of hydrogen-bond acceptors (Lipinski definition) is 6. The summed E-state index contributed by atoms with van der Waals surface area (Å²) in [6.07, 6.45) is 0.253. The van der Waals surface area contributed by atoms with Crippen LogP contribution in [0, 0.1) is 6.92 Å². The molecule has 4 aromatic rings. The van der Waals surface area contributed by atoms with E-state index in [9.17, 15) is 13.2 Å². The first-order valence-corrected chi connectivity index (χ1v) is 14.5. The first-order valence-electron chi connectivity index (χ1n) is 11.5. The molecule has 7 nitrogen and oxygen atoms in total. The van der Waals surface area contributed by atoms with Crippen molar-refractivity contribution in [3.8, 4) is 5.75 Å². The summed E-state index contributed by atoms with van der Waals surface area (Å²) in [4.78, 5) is 18.1. The lowest BCUT2D eigenvalue weighted by molar-refractivity contribution is -0.120. The Morgan fingerprint density at radius 3 is 2.72 bits per heavy atom. The maximum atomic E-state index is 14.0. The summed E-state index contributed by atoms with van der Waals surface area (Å²) in [6, 6.07) is 17.4. The van der Waals surface area contributed by atoms with E-state index in [0.29, 0.717) is 16.2 Å². The average molecular weight is 587 g/mol. The summed E-state index contributed by atoms with van der Waals surface area (Å²) in [6.45, 7) is 4.19. The average Bonchev–Trinajstić information content (AvgIpc) is 3.25. The number of carbonyl (C=O) groups excluding carboxylic acids is 1. The number of ether oxygens (including phenoxy) is 1. The van der Waals surface area contributed by atoms with Gasteiger partial charge < -0.3 is 10.1 Å². The van der Waals surface area contributed by atoms with Gasteiger partial charge in [-0.1, -0.05) is 57.6 Å². The zero-order valence-corrected chi connectivity index (χ0v) is 22.9. The molecule has 1 amide bonds. The standard InChI is InChI=1S/C26H24BrN3O4S2/c1-3-34-22-11-9-19(27)14-24(22)36(32,33)30-15-18-7-5-4-6-17(18)13-21(30)25(31)29-26-28-20-10-8-16(2)12-23(20)35-26/h4-12,14,21H,3,13,15H2,1-2H3,(H,28,29,31). The molecule has 0 bridgehead atoms. The van der Waals surface area contributed by atoms with Crippen molar-refractivity contribution in [2.75, 3.05) is 11.9 Å². The van der Waals surface area contributed by atoms with E-state index < -0.39 is 22.0 Å². The number of nitrogens with one attached hydrogen (secondary N) is 1. The molecule has 0 aliphatic carbocycles. The number of sulfonamides is 1. The Balaban J connectivity index is 1.54. The minimum Gasteiger partial charge on any atom is -0.492 e. The van der Waals surface area contributed by atoms with Crippen molar-refractivity contribution in [3.63, 3.8) is 0 Å². The van der Waals surface area contributed by atoms with Crippen LogP contribution in [0.25, 0.3) is 10.2 Å². The Labute approximate surface area is 222 Å². The molecule has 1 aliphatic heterocycles. The summed E-state index contributed by atoms with van der Waals surface area (Å²) in [7, 11) is -4.10. The van der Waals surface area contributed by atoms with Crippen LogP contribution in [0.2, 0.25) is 0 Å². The monoisotopic (exact) mass is 585 g/mol. The van der Waals surface area contributed by atoms with Gasteiger partial charge in [0.15, 0.2) is 5.13 Å². The molecular weight excluding hydrogens is 562 g/mol. The largest absolute Gasteiger partial charge is 0.492 e. The molecule has 0 spiro atoms. The number of aromatic nitrogens is 1. The van der Waals surface area contributed by atoms with Crippen LogP contribution in [0.1, 0.15) is 23.6 Å². The summed E-state index contributed by atoms with van der Waals surface area (Å²) in [5.41, 5.74) is 3.70. The minimum absolute atomic E-state index is 0.0198. The van der Waals surface area contributed by atoms with Gasteiger partial charge in [-0.3, -0.25) is 4.79 Å². The van der Waals surface area contributed by atoms with Gasteiger partial charge in [-0.05, 0) is 67.3 Å². The third kappa shape index (κ3) is 4.78. The Bertz CT molecular complexity index is 1570. The summed E-state index contributed by atoms with van der Waals surface area (Å²) in [5.74, 6) is -0.169. The van der Waals surface area contributed by atoms with Crippen LogP contribution < -0.4 is 10.1 Å². The van der Waals surface area contributed by atoms with Gasteiger partial charge in [0.1, 0.15) is 16.7 Å². The van der Waals surface area contributed by atoms with Gasteiger partial charge in [-0.25, -0.2) is 13.4 Å². The van der Waals surface area contributed by atoms with Crippen molar-refractivity contribution in [1.82, 2.24) is 9.29 Å². The van der Waals surface area contributed by atoms with Crippen LogP contribution in [0.5, 0.6) is 5.75 Å². The van der Waals surface area contributed by atoms with E-state index in [-0.39, 0.29) is 23.6 Å². The minimum atomic E-state index is -4.10. The number of fused-ring (bicyclic) bond motifs is 2. The lowest BCUT2D eigenvalue weighted by atomic mass is 9.95. The highest BCUT2D eigenvalue weighted by Crippen LogP contribution is 2.35. The number of carbonyl (C=O) groups is 1. The number of thiazole rings is 1. The third-order valence-corrected chi connectivity index (χ3v) is 9.38. The van der Waals surface area contributed by atoms with E-state index in [2.05, 4.69) is 26.2 Å². The Morgan fingerprint density at radius 1 is 1.17 bits per heavy atom. The van der Waals surface area contributed by atoms with Crippen molar-refractivity contribution in [2.45, 2.75) is 37.8 Å². The summed E-state index contributed by atoms with van der Waals surface area (Å²) in [5, 5.41) is 3.32. The molecular formula is C26H24BrN3O4S2. The van der Waals surface area contributed by atoms with Crippen molar-refractivity contribution in [1.29, 1.82) is 0 Å². The Kier molecular flexibility index (Phi) is 6.86. The van der Waals surface area contributed by atoms with Gasteiger partial charge in [0.2, 0.25) is 15.9 Å². The van der Waals surface area contributed by atoms with Crippen LogP contribution in [-0.2, 0) is 27.8 Å². The van der Waals surface area contributed by atoms with E-state index in [1.54, 1.807) is 19.1 Å². The highest BCUT2D eigenvalue weighted by Gasteiger charge is 2.41. The van der Waals surface area contributed by atoms with Gasteiger partial charge in [0.25, 0.3) is 0 Å². The number of benzene rings is 3. The fourth-order valence-electron chi connectivity index (χ4n) is 4.33. The van der Waals surface area contributed by atoms with Crippen LogP contribution in [0.3, 0.4) is 0 Å². The number of amides is 1. The second kappa shape index (κ2) is 9.93. The number of rotatable bonds is 6. The van der Waals surface area contributed by atoms with Crippen molar-refractivity contribution in [3.05, 3.63) is 81.8 Å². The molecule has 36 heavy (non-hydrogen) atoms. The summed E-state index contributed by atoms with van der Waals surface area (Å²) < 4.78 is 36.5. The Hall–Kier alpha value is -2.79. The molecule has 1 atom stereocenters. The number of halogens is 1. The normalized spacial score (nSPS) is 16.0. The van der Waals surface area contributed by atoms with Crippen LogP contribution >= 0.6 is 27.3 Å². The molecule has 1 aromatic heterocycles. The smallest absolute Gasteiger partial charge is 0.247 e. The van der Waals surface area contributed by atoms with Crippen LogP contribution in [0.4, 0.5) is 5.13 Å². The van der Waals surface area contributed by atoms with E-state index in [1.807, 2.05) is 49.4 Å². The molecule has 3 aromatic carbocycles. The van der Waals surface area contributed by atoms with Crippen LogP contribution in [-0.4, -0.2) is 36.3 Å². The quantitative estimate of drug-likeness (QED) is 0.322. The van der Waals surface area contributed by atoms with Gasteiger partial charge in [0.05, 0.1) is 16.8 Å². The lowest BCUT2D eigenvalue weighted by Gasteiger charge is -2.35. The molecule has 2 heterocycles. The third-order valence-electron chi connectivity index (χ3n) is 6.07. The molecule has 0 fully saturated rings. The predicted molar refractivity (Wildman–Crippen MR) is 145 cm³/mol. The first-order chi connectivity index (χ1) is 17.3. The lowest BCUT2D eigenvalue weighted by Crippen LogP contribution is -2.50. The number of anilines is 1. The molecule has 5 rings (SSSR count). The molecule has 1 unspecified atom stereocenters. The zero-order chi connectivity index (χ0) is 25.4. The van der Waals surface area contributed by atoms with Gasteiger partial charge >= 0.3 is 0 Å². The molecule has 186 valence electrons. The van der Waals surface area contributed by atoms with E-state index >= 15 is 0 Å². The number of hydrogen-bond donors (Lipinski definition) is 1. The van der Waals surface area contributed by atoms with E-state index in [0.717, 1.165) is 26.9 Å². The van der Waals surface area contributed by atoms with Gasteiger partial charge in [-0.15, -0.1) is 0 Å². The molecule has 10 heteroatoms. The SMILES string of the molecule is CCOc1ccc(Br)cc1S(=O)(=O)N1Cc2ccccc2CC1C(=O)Nc1nc2ccc(C)cc2s1. The van der Waals surface area contributed by atoms with Crippen molar-refractivity contribution >= 4 is 58.5 Å².